The fraction of sp³-hybridized carbons (Fsp3) is 1.00. The number of nitrogens with zero attached hydrogens (tertiary/aromatic N) is 1. The van der Waals surface area contributed by atoms with Crippen LogP contribution in [0, 0.1) is 11.8 Å². The van der Waals surface area contributed by atoms with Crippen LogP contribution in [-0.4, -0.2) is 29.9 Å². The van der Waals surface area contributed by atoms with Crippen LogP contribution in [0.25, 0.3) is 0 Å². The second kappa shape index (κ2) is 4.85. The summed E-state index contributed by atoms with van der Waals surface area (Å²) >= 11 is 6.23. The molecule has 0 radical (unpaired) electrons. The van der Waals surface area contributed by atoms with Crippen molar-refractivity contribution in [3.8, 4) is 0 Å². The molecule has 1 aliphatic heterocycles. The number of alkyl halides is 1. The van der Waals surface area contributed by atoms with Crippen molar-refractivity contribution in [2.24, 2.45) is 11.8 Å². The fourth-order valence-corrected chi connectivity index (χ4v) is 3.18. The minimum Gasteiger partial charge on any atom is -0.301 e. The van der Waals surface area contributed by atoms with Crippen molar-refractivity contribution in [2.75, 3.05) is 19.6 Å². The van der Waals surface area contributed by atoms with E-state index in [1.54, 1.807) is 0 Å². The molecule has 0 aromatic rings. The van der Waals surface area contributed by atoms with Gasteiger partial charge in [-0.05, 0) is 24.7 Å². The zero-order valence-corrected chi connectivity index (χ0v) is 9.97. The highest BCUT2D eigenvalue weighted by Gasteiger charge is 2.29. The van der Waals surface area contributed by atoms with Gasteiger partial charge in [0.25, 0.3) is 0 Å². The van der Waals surface area contributed by atoms with Gasteiger partial charge in [0, 0.05) is 19.6 Å². The van der Waals surface area contributed by atoms with E-state index in [9.17, 15) is 0 Å². The molecule has 0 spiro atoms. The lowest BCUT2D eigenvalue weighted by Crippen LogP contribution is -2.29. The van der Waals surface area contributed by atoms with Gasteiger partial charge in [-0.2, -0.15) is 0 Å². The van der Waals surface area contributed by atoms with Crippen LogP contribution in [0.5, 0.6) is 0 Å². The van der Waals surface area contributed by atoms with E-state index in [-0.39, 0.29) is 0 Å². The van der Waals surface area contributed by atoms with Crippen LogP contribution in [0.3, 0.4) is 0 Å². The molecule has 2 fully saturated rings. The molecule has 0 amide bonds. The molecule has 1 aliphatic carbocycles. The van der Waals surface area contributed by atoms with Crippen LogP contribution in [0.2, 0.25) is 0 Å². The molecule has 1 heterocycles. The SMILES string of the molecule is CC1CN(CC2CCCCC2)CC1Cl. The van der Waals surface area contributed by atoms with E-state index in [0.29, 0.717) is 11.3 Å². The molecule has 82 valence electrons. The lowest BCUT2D eigenvalue weighted by atomic mass is 9.89. The summed E-state index contributed by atoms with van der Waals surface area (Å²) in [7, 11) is 0. The highest BCUT2D eigenvalue weighted by molar-refractivity contribution is 6.21. The molecule has 0 aromatic carbocycles. The van der Waals surface area contributed by atoms with E-state index in [0.717, 1.165) is 12.5 Å². The molecule has 2 unspecified atom stereocenters. The number of hydrogen-bond acceptors (Lipinski definition) is 1. The highest BCUT2D eigenvalue weighted by Crippen LogP contribution is 2.28. The van der Waals surface area contributed by atoms with Gasteiger partial charge in [0.1, 0.15) is 0 Å². The molecule has 14 heavy (non-hydrogen) atoms. The number of likely N-dealkylation sites (tertiary alicyclic amines) is 1. The molecule has 1 saturated heterocycles. The maximum absolute atomic E-state index is 6.23. The first-order chi connectivity index (χ1) is 6.75. The highest BCUT2D eigenvalue weighted by atomic mass is 35.5. The van der Waals surface area contributed by atoms with Gasteiger partial charge in [-0.15, -0.1) is 11.6 Å². The fourth-order valence-electron chi connectivity index (χ4n) is 2.91. The summed E-state index contributed by atoms with van der Waals surface area (Å²) in [5.41, 5.74) is 0. The second-order valence-corrected chi connectivity index (χ2v) is 5.78. The Morgan fingerprint density at radius 1 is 1.14 bits per heavy atom. The smallest absolute Gasteiger partial charge is 0.0500 e. The van der Waals surface area contributed by atoms with Crippen LogP contribution in [0.1, 0.15) is 39.0 Å². The number of rotatable bonds is 2. The first kappa shape index (κ1) is 10.8. The van der Waals surface area contributed by atoms with E-state index >= 15 is 0 Å². The summed E-state index contributed by atoms with van der Waals surface area (Å²) < 4.78 is 0. The Kier molecular flexibility index (Phi) is 3.73. The quantitative estimate of drug-likeness (QED) is 0.640. The Morgan fingerprint density at radius 3 is 2.43 bits per heavy atom. The Bertz CT molecular complexity index is 167. The normalized spacial score (nSPS) is 36.4. The molecule has 2 atom stereocenters. The third kappa shape index (κ3) is 2.64. The summed E-state index contributed by atoms with van der Waals surface area (Å²) in [6.45, 7) is 5.94. The van der Waals surface area contributed by atoms with Crippen molar-refractivity contribution in [3.63, 3.8) is 0 Å². The van der Waals surface area contributed by atoms with E-state index in [1.165, 1.54) is 45.2 Å². The van der Waals surface area contributed by atoms with Crippen molar-refractivity contribution in [1.82, 2.24) is 4.90 Å². The van der Waals surface area contributed by atoms with Crippen molar-refractivity contribution >= 4 is 11.6 Å². The van der Waals surface area contributed by atoms with Crippen molar-refractivity contribution in [1.29, 1.82) is 0 Å². The summed E-state index contributed by atoms with van der Waals surface area (Å²) in [5.74, 6) is 1.66. The maximum Gasteiger partial charge on any atom is 0.0500 e. The molecule has 1 saturated carbocycles. The lowest BCUT2D eigenvalue weighted by Gasteiger charge is -2.26. The minimum atomic E-state index is 0.401. The zero-order chi connectivity index (χ0) is 9.97. The molecule has 0 aromatic heterocycles. The Labute approximate surface area is 92.8 Å². The van der Waals surface area contributed by atoms with E-state index in [2.05, 4.69) is 11.8 Å². The molecule has 1 nitrogen and oxygen atoms in total. The lowest BCUT2D eigenvalue weighted by molar-refractivity contribution is 0.229. The van der Waals surface area contributed by atoms with Crippen molar-refractivity contribution in [2.45, 2.75) is 44.4 Å². The number of halogens is 1. The van der Waals surface area contributed by atoms with Gasteiger partial charge in [0.15, 0.2) is 0 Å². The average Bonchev–Trinajstić information content (AvgIpc) is 2.47. The van der Waals surface area contributed by atoms with Crippen LogP contribution >= 0.6 is 11.6 Å². The second-order valence-electron chi connectivity index (χ2n) is 5.22. The van der Waals surface area contributed by atoms with Gasteiger partial charge < -0.3 is 4.90 Å². The topological polar surface area (TPSA) is 3.24 Å². The zero-order valence-electron chi connectivity index (χ0n) is 9.21. The average molecular weight is 216 g/mol. The van der Waals surface area contributed by atoms with Crippen molar-refractivity contribution in [3.05, 3.63) is 0 Å². The predicted octanol–water partition coefficient (Wildman–Crippen LogP) is 3.13. The number of hydrogen-bond donors (Lipinski definition) is 0. The minimum absolute atomic E-state index is 0.401. The molecular weight excluding hydrogens is 194 g/mol. The Hall–Kier alpha value is 0.250. The van der Waals surface area contributed by atoms with Crippen LogP contribution in [-0.2, 0) is 0 Å². The van der Waals surface area contributed by atoms with E-state index in [1.807, 2.05) is 0 Å². The predicted molar refractivity (Wildman–Crippen MR) is 61.8 cm³/mol. The van der Waals surface area contributed by atoms with Crippen LogP contribution in [0.15, 0.2) is 0 Å². The molecular formula is C12H22ClN. The molecule has 2 heteroatoms. The van der Waals surface area contributed by atoms with Gasteiger partial charge in [0.2, 0.25) is 0 Å². The van der Waals surface area contributed by atoms with Gasteiger partial charge in [0.05, 0.1) is 5.38 Å². The largest absolute Gasteiger partial charge is 0.301 e. The van der Waals surface area contributed by atoms with E-state index in [4.69, 9.17) is 11.6 Å². The summed E-state index contributed by atoms with van der Waals surface area (Å²) in [6.07, 6.45) is 7.29. The Morgan fingerprint density at radius 2 is 1.86 bits per heavy atom. The Balaban J connectivity index is 1.74. The molecule has 0 N–H and O–H groups in total. The van der Waals surface area contributed by atoms with Gasteiger partial charge in [-0.1, -0.05) is 26.2 Å². The summed E-state index contributed by atoms with van der Waals surface area (Å²) in [6, 6.07) is 0. The van der Waals surface area contributed by atoms with Gasteiger partial charge >= 0.3 is 0 Å². The standard InChI is InChI=1S/C12H22ClN/c1-10-7-14(9-12(10)13)8-11-5-3-2-4-6-11/h10-12H,2-9H2,1H3. The van der Waals surface area contributed by atoms with Crippen LogP contribution < -0.4 is 0 Å². The van der Waals surface area contributed by atoms with Gasteiger partial charge in [-0.25, -0.2) is 0 Å². The first-order valence-electron chi connectivity index (χ1n) is 6.12. The summed E-state index contributed by atoms with van der Waals surface area (Å²) in [5, 5.41) is 0.401. The molecule has 2 aliphatic rings. The van der Waals surface area contributed by atoms with Gasteiger partial charge in [-0.3, -0.25) is 0 Å². The summed E-state index contributed by atoms with van der Waals surface area (Å²) in [4.78, 5) is 2.58. The third-order valence-corrected chi connectivity index (χ3v) is 4.41. The third-order valence-electron chi connectivity index (χ3n) is 3.84. The molecule has 2 rings (SSSR count). The maximum atomic E-state index is 6.23. The van der Waals surface area contributed by atoms with E-state index < -0.39 is 0 Å². The van der Waals surface area contributed by atoms with Crippen LogP contribution in [0.4, 0.5) is 0 Å². The molecule has 0 bridgehead atoms. The first-order valence-corrected chi connectivity index (χ1v) is 6.56. The monoisotopic (exact) mass is 215 g/mol. The van der Waals surface area contributed by atoms with Crippen molar-refractivity contribution < 1.29 is 0 Å².